The first-order valence-electron chi connectivity index (χ1n) is 5.48. The van der Waals surface area contributed by atoms with E-state index < -0.39 is 0 Å². The third kappa shape index (κ3) is 1.10. The third-order valence-corrected chi connectivity index (χ3v) is 4.00. The average Bonchev–Trinajstić information content (AvgIpc) is 2.76. The van der Waals surface area contributed by atoms with E-state index in [1.165, 1.54) is 24.8 Å². The number of pyridine rings is 1. The molecule has 3 rings (SSSR count). The summed E-state index contributed by atoms with van der Waals surface area (Å²) in [7, 11) is 2.28. The van der Waals surface area contributed by atoms with Crippen LogP contribution < -0.4 is 0 Å². The highest BCUT2D eigenvalue weighted by atomic mass is 15.2. The molecule has 2 bridgehead atoms. The summed E-state index contributed by atoms with van der Waals surface area (Å²) in [5.74, 6) is 0.743. The van der Waals surface area contributed by atoms with Gasteiger partial charge >= 0.3 is 0 Å². The van der Waals surface area contributed by atoms with E-state index in [1.54, 1.807) is 0 Å². The van der Waals surface area contributed by atoms with Crippen LogP contribution in [0.5, 0.6) is 0 Å². The fourth-order valence-electron chi connectivity index (χ4n) is 3.21. The molecule has 1 aromatic heterocycles. The van der Waals surface area contributed by atoms with E-state index in [2.05, 4.69) is 29.1 Å². The minimum absolute atomic E-state index is 0.743. The van der Waals surface area contributed by atoms with Crippen LogP contribution >= 0.6 is 0 Å². The summed E-state index contributed by atoms with van der Waals surface area (Å²) in [4.78, 5) is 6.79. The zero-order valence-electron chi connectivity index (χ0n) is 8.56. The maximum Gasteiger partial charge on any atom is 0.0303 e. The monoisotopic (exact) mass is 187 g/mol. The van der Waals surface area contributed by atoms with E-state index in [1.807, 2.05) is 12.4 Å². The van der Waals surface area contributed by atoms with Gasteiger partial charge in [0.2, 0.25) is 0 Å². The first-order chi connectivity index (χ1) is 6.86. The highest BCUT2D eigenvalue weighted by Gasteiger charge is 2.44. The lowest BCUT2D eigenvalue weighted by molar-refractivity contribution is 0.307. The van der Waals surface area contributed by atoms with E-state index in [0.717, 1.165) is 18.0 Å². The van der Waals surface area contributed by atoms with E-state index in [9.17, 15) is 0 Å². The van der Waals surface area contributed by atoms with Crippen molar-refractivity contribution in [1.82, 2.24) is 9.88 Å². The maximum absolute atomic E-state index is 4.22. The molecule has 2 heteroatoms. The summed E-state index contributed by atoms with van der Waals surface area (Å²) in [6.07, 6.45) is 8.02. The Kier molecular flexibility index (Phi) is 1.84. The van der Waals surface area contributed by atoms with Crippen LogP contribution in [-0.2, 0) is 0 Å². The molecule has 14 heavy (non-hydrogen) atoms. The van der Waals surface area contributed by atoms with Crippen molar-refractivity contribution in [2.24, 2.45) is 0 Å². The predicted molar refractivity (Wildman–Crippen MR) is 56.2 cm³/mol. The molecule has 2 saturated heterocycles. The topological polar surface area (TPSA) is 16.1 Å². The number of hydrogen-bond donors (Lipinski definition) is 0. The molecule has 0 N–H and O–H groups in total. The Bertz CT molecular complexity index is 322. The summed E-state index contributed by atoms with van der Waals surface area (Å²) < 4.78 is 0. The van der Waals surface area contributed by atoms with Crippen molar-refractivity contribution in [1.29, 1.82) is 0 Å². The lowest BCUT2D eigenvalue weighted by Crippen LogP contribution is -2.25. The van der Waals surface area contributed by atoms with Crippen molar-refractivity contribution < 1.29 is 0 Å². The van der Waals surface area contributed by atoms with Gasteiger partial charge in [-0.1, -0.05) is 6.07 Å². The molecule has 2 nitrogen and oxygen atoms in total. The molecule has 0 saturated carbocycles. The van der Waals surface area contributed by atoms with Crippen LogP contribution in [0, 0.1) is 0 Å². The van der Waals surface area contributed by atoms with Crippen LogP contribution in [0.1, 0.15) is 30.7 Å². The first kappa shape index (κ1) is 8.42. The minimum atomic E-state index is 0.743. The predicted octanol–water partition coefficient (Wildman–Crippen LogP) is 2.03. The lowest BCUT2D eigenvalue weighted by atomic mass is 9.85. The second-order valence-electron chi connectivity index (χ2n) is 4.59. The standard InChI is InChI=1S/C12H16N2/c1-14-10-4-5-12(14)11(7-10)9-3-2-6-13-8-9/h2-3,6,8,10-12H,4-5,7H2,1H3/t10-,11+,12+/m0/s1/i1-1. The molecule has 1 aromatic rings. The van der Waals surface area contributed by atoms with Gasteiger partial charge in [-0.3, -0.25) is 9.88 Å². The van der Waals surface area contributed by atoms with Gasteiger partial charge in [-0.15, -0.1) is 0 Å². The number of nitrogens with zero attached hydrogens (tertiary/aromatic N) is 2. The van der Waals surface area contributed by atoms with Crippen LogP contribution in [-0.4, -0.2) is 29.0 Å². The van der Waals surface area contributed by atoms with Crippen LogP contribution in [0.25, 0.3) is 0 Å². The molecular weight excluding hydrogens is 171 g/mol. The summed E-state index contributed by atoms with van der Waals surface area (Å²) >= 11 is 0. The lowest BCUT2D eigenvalue weighted by Gasteiger charge is -2.21. The van der Waals surface area contributed by atoms with Crippen molar-refractivity contribution in [3.05, 3.63) is 30.1 Å². The van der Waals surface area contributed by atoms with Gasteiger partial charge in [-0.2, -0.15) is 0 Å². The smallest absolute Gasteiger partial charge is 0.0303 e. The normalized spacial score (nSPS) is 36.5. The van der Waals surface area contributed by atoms with E-state index in [4.69, 9.17) is 0 Å². The average molecular weight is 187 g/mol. The van der Waals surface area contributed by atoms with Gasteiger partial charge in [0.1, 0.15) is 0 Å². The van der Waals surface area contributed by atoms with Gasteiger partial charge in [0.25, 0.3) is 0 Å². The van der Waals surface area contributed by atoms with E-state index >= 15 is 0 Å². The Morgan fingerprint density at radius 1 is 1.43 bits per heavy atom. The van der Waals surface area contributed by atoms with Gasteiger partial charge < -0.3 is 0 Å². The molecular formula is C12H16N2. The largest absolute Gasteiger partial charge is 0.300 e. The molecule has 0 aromatic carbocycles. The van der Waals surface area contributed by atoms with Crippen molar-refractivity contribution in [3.8, 4) is 0 Å². The molecule has 0 spiro atoms. The van der Waals surface area contributed by atoms with Gasteiger partial charge in [0.05, 0.1) is 0 Å². The van der Waals surface area contributed by atoms with Gasteiger partial charge in [-0.05, 0) is 37.9 Å². The summed E-state index contributed by atoms with van der Waals surface area (Å²) in [6.45, 7) is 0. The molecule has 0 amide bonds. The number of likely N-dealkylation sites (N-methyl/N-ethyl adjacent to an activating group) is 1. The Labute approximate surface area is 85.0 Å². The number of aromatic nitrogens is 1. The molecule has 3 heterocycles. The van der Waals surface area contributed by atoms with Crippen LogP contribution in [0.2, 0.25) is 0 Å². The molecule has 2 fully saturated rings. The van der Waals surface area contributed by atoms with Gasteiger partial charge in [0.15, 0.2) is 0 Å². The molecule has 2 aliphatic rings. The summed E-state index contributed by atoms with van der Waals surface area (Å²) in [5.41, 5.74) is 1.44. The highest BCUT2D eigenvalue weighted by Crippen LogP contribution is 2.45. The van der Waals surface area contributed by atoms with Crippen LogP contribution in [0.4, 0.5) is 0 Å². The number of fused-ring (bicyclic) bond motifs is 2. The zero-order valence-corrected chi connectivity index (χ0v) is 8.56. The maximum atomic E-state index is 4.22. The fraction of sp³-hybridized carbons (Fsp3) is 0.583. The van der Waals surface area contributed by atoms with Crippen molar-refractivity contribution in [2.75, 3.05) is 7.05 Å². The second-order valence-corrected chi connectivity index (χ2v) is 4.59. The molecule has 0 aliphatic carbocycles. The zero-order chi connectivity index (χ0) is 9.54. The summed E-state index contributed by atoms with van der Waals surface area (Å²) in [6, 6.07) is 5.91. The van der Waals surface area contributed by atoms with Crippen LogP contribution in [0.3, 0.4) is 0 Å². The Balaban J connectivity index is 1.89. The summed E-state index contributed by atoms with van der Waals surface area (Å²) in [5, 5.41) is 0. The Morgan fingerprint density at radius 2 is 2.36 bits per heavy atom. The molecule has 74 valence electrons. The quantitative estimate of drug-likeness (QED) is 0.668. The van der Waals surface area contributed by atoms with Gasteiger partial charge in [0, 0.05) is 30.4 Å². The molecule has 2 aliphatic heterocycles. The SMILES string of the molecule is [11CH3]N1[C@H]2CC[C@@H]1[C@@H](c1cccnc1)C2. The molecule has 3 atom stereocenters. The van der Waals surface area contributed by atoms with Gasteiger partial charge in [-0.25, -0.2) is 0 Å². The molecule has 0 radical (unpaired) electrons. The number of rotatable bonds is 1. The second kappa shape index (κ2) is 3.06. The van der Waals surface area contributed by atoms with Crippen LogP contribution in [0.15, 0.2) is 24.5 Å². The fourth-order valence-corrected chi connectivity index (χ4v) is 3.21. The van der Waals surface area contributed by atoms with E-state index in [-0.39, 0.29) is 0 Å². The van der Waals surface area contributed by atoms with Crippen molar-refractivity contribution in [3.63, 3.8) is 0 Å². The Hall–Kier alpha value is -0.890. The van der Waals surface area contributed by atoms with E-state index in [0.29, 0.717) is 0 Å². The third-order valence-electron chi connectivity index (χ3n) is 4.00. The number of hydrogen-bond acceptors (Lipinski definition) is 2. The molecule has 0 unspecified atom stereocenters. The minimum Gasteiger partial charge on any atom is -0.300 e. The first-order valence-corrected chi connectivity index (χ1v) is 5.48. The van der Waals surface area contributed by atoms with Crippen molar-refractivity contribution >= 4 is 0 Å². The Morgan fingerprint density at radius 3 is 2.93 bits per heavy atom. The highest BCUT2D eigenvalue weighted by molar-refractivity contribution is 5.22. The van der Waals surface area contributed by atoms with Crippen molar-refractivity contribution in [2.45, 2.75) is 37.3 Å².